The van der Waals surface area contributed by atoms with Crippen LogP contribution in [-0.4, -0.2) is 48.3 Å². The monoisotopic (exact) mass is 338 g/mol. The van der Waals surface area contributed by atoms with Crippen molar-refractivity contribution < 1.29 is 14.3 Å². The van der Waals surface area contributed by atoms with Gasteiger partial charge >= 0.3 is 5.97 Å². The van der Waals surface area contributed by atoms with Crippen LogP contribution in [0.25, 0.3) is 9.88 Å². The SMILES string of the molecule is COC(=O)[C@@H]1CN(Cc2cnc(-c3cccs3)s2)C[C@@H](C)O1. The Bertz CT molecular complexity index is 627. The van der Waals surface area contributed by atoms with E-state index >= 15 is 0 Å². The van der Waals surface area contributed by atoms with E-state index in [1.807, 2.05) is 19.2 Å². The molecule has 3 rings (SSSR count). The number of ether oxygens (including phenoxy) is 2. The Hall–Kier alpha value is -1.28. The summed E-state index contributed by atoms with van der Waals surface area (Å²) >= 11 is 3.40. The molecule has 1 aliphatic rings. The predicted molar refractivity (Wildman–Crippen MR) is 87.1 cm³/mol. The maximum Gasteiger partial charge on any atom is 0.336 e. The highest BCUT2D eigenvalue weighted by Gasteiger charge is 2.31. The molecule has 0 unspecified atom stereocenters. The van der Waals surface area contributed by atoms with Crippen LogP contribution < -0.4 is 0 Å². The molecule has 118 valence electrons. The molecule has 0 N–H and O–H groups in total. The number of carbonyl (C=O) groups excluding carboxylic acids is 1. The van der Waals surface area contributed by atoms with Gasteiger partial charge in [-0.2, -0.15) is 0 Å². The van der Waals surface area contributed by atoms with E-state index in [0.29, 0.717) is 6.54 Å². The average molecular weight is 338 g/mol. The minimum atomic E-state index is -0.501. The fourth-order valence-electron chi connectivity index (χ4n) is 2.54. The maximum atomic E-state index is 11.7. The van der Waals surface area contributed by atoms with Crippen molar-refractivity contribution in [1.29, 1.82) is 0 Å². The van der Waals surface area contributed by atoms with Crippen LogP contribution in [0, 0.1) is 0 Å². The summed E-state index contributed by atoms with van der Waals surface area (Å²) in [5.41, 5.74) is 0. The molecule has 3 heterocycles. The van der Waals surface area contributed by atoms with Crippen LogP contribution in [0.1, 0.15) is 11.8 Å². The van der Waals surface area contributed by atoms with Crippen molar-refractivity contribution in [2.24, 2.45) is 0 Å². The normalized spacial score (nSPS) is 22.6. The van der Waals surface area contributed by atoms with Crippen molar-refractivity contribution in [3.8, 4) is 9.88 Å². The van der Waals surface area contributed by atoms with Gasteiger partial charge in [-0.25, -0.2) is 9.78 Å². The Morgan fingerprint density at radius 1 is 1.55 bits per heavy atom. The number of hydrogen-bond acceptors (Lipinski definition) is 7. The highest BCUT2D eigenvalue weighted by molar-refractivity contribution is 7.20. The summed E-state index contributed by atoms with van der Waals surface area (Å²) in [4.78, 5) is 20.8. The smallest absolute Gasteiger partial charge is 0.336 e. The Labute approximate surface area is 137 Å². The van der Waals surface area contributed by atoms with E-state index in [0.717, 1.165) is 18.1 Å². The number of esters is 1. The van der Waals surface area contributed by atoms with E-state index in [9.17, 15) is 4.79 Å². The number of morpholine rings is 1. The first-order chi connectivity index (χ1) is 10.7. The lowest BCUT2D eigenvalue weighted by Gasteiger charge is -2.35. The van der Waals surface area contributed by atoms with Crippen LogP contribution in [0.4, 0.5) is 0 Å². The van der Waals surface area contributed by atoms with E-state index in [4.69, 9.17) is 9.47 Å². The van der Waals surface area contributed by atoms with Crippen LogP contribution in [0.2, 0.25) is 0 Å². The molecule has 1 aliphatic heterocycles. The zero-order valence-electron chi connectivity index (χ0n) is 12.5. The zero-order valence-corrected chi connectivity index (χ0v) is 14.2. The lowest BCUT2D eigenvalue weighted by Crippen LogP contribution is -2.49. The van der Waals surface area contributed by atoms with Crippen molar-refractivity contribution in [3.05, 3.63) is 28.6 Å². The van der Waals surface area contributed by atoms with Crippen LogP contribution in [0.3, 0.4) is 0 Å². The second-order valence-corrected chi connectivity index (χ2v) is 7.32. The van der Waals surface area contributed by atoms with Gasteiger partial charge in [-0.3, -0.25) is 4.90 Å². The summed E-state index contributed by atoms with van der Waals surface area (Å²) in [6.07, 6.45) is 1.44. The van der Waals surface area contributed by atoms with Crippen LogP contribution in [-0.2, 0) is 20.8 Å². The molecule has 1 saturated heterocycles. The lowest BCUT2D eigenvalue weighted by atomic mass is 10.2. The van der Waals surface area contributed by atoms with Crippen LogP contribution in [0.5, 0.6) is 0 Å². The van der Waals surface area contributed by atoms with Gasteiger partial charge in [0.05, 0.1) is 18.1 Å². The first kappa shape index (κ1) is 15.6. The molecule has 2 aromatic heterocycles. The number of thiazole rings is 1. The topological polar surface area (TPSA) is 51.7 Å². The molecule has 0 bridgehead atoms. The minimum absolute atomic E-state index is 0.0162. The Morgan fingerprint density at radius 2 is 2.41 bits per heavy atom. The van der Waals surface area contributed by atoms with Crippen molar-refractivity contribution >= 4 is 28.6 Å². The number of rotatable bonds is 4. The summed E-state index contributed by atoms with van der Waals surface area (Å²) in [6.45, 7) is 4.12. The van der Waals surface area contributed by atoms with Gasteiger partial charge in [0.1, 0.15) is 5.01 Å². The first-order valence-electron chi connectivity index (χ1n) is 7.10. The van der Waals surface area contributed by atoms with Gasteiger partial charge in [0.25, 0.3) is 0 Å². The molecule has 5 nitrogen and oxygen atoms in total. The zero-order chi connectivity index (χ0) is 15.5. The Morgan fingerprint density at radius 3 is 3.14 bits per heavy atom. The highest BCUT2D eigenvalue weighted by Crippen LogP contribution is 2.29. The summed E-state index contributed by atoms with van der Waals surface area (Å²) in [5.74, 6) is -0.305. The molecule has 2 atom stereocenters. The molecule has 2 aromatic rings. The van der Waals surface area contributed by atoms with Gasteiger partial charge in [-0.05, 0) is 18.4 Å². The molecule has 0 spiro atoms. The number of thiophene rings is 1. The first-order valence-corrected chi connectivity index (χ1v) is 8.79. The molecule has 0 amide bonds. The van der Waals surface area contributed by atoms with E-state index in [2.05, 4.69) is 21.3 Å². The van der Waals surface area contributed by atoms with E-state index in [1.54, 1.807) is 22.7 Å². The van der Waals surface area contributed by atoms with Gasteiger partial charge in [-0.15, -0.1) is 22.7 Å². The number of carbonyl (C=O) groups is 1. The second-order valence-electron chi connectivity index (χ2n) is 5.26. The number of aromatic nitrogens is 1. The molecular formula is C15H18N2O3S2. The third kappa shape index (κ3) is 3.55. The lowest BCUT2D eigenvalue weighted by molar-refractivity contribution is -0.166. The molecule has 0 saturated carbocycles. The molecule has 0 aromatic carbocycles. The molecule has 0 radical (unpaired) electrons. The van der Waals surface area contributed by atoms with Gasteiger partial charge in [0.15, 0.2) is 6.10 Å². The molecule has 0 aliphatic carbocycles. The third-order valence-corrected chi connectivity index (χ3v) is 5.49. The number of hydrogen-bond donors (Lipinski definition) is 0. The molecule has 22 heavy (non-hydrogen) atoms. The largest absolute Gasteiger partial charge is 0.467 e. The molecule has 7 heteroatoms. The van der Waals surface area contributed by atoms with Gasteiger partial charge in [0.2, 0.25) is 0 Å². The number of nitrogens with zero attached hydrogens (tertiary/aromatic N) is 2. The summed E-state index contributed by atoms with van der Waals surface area (Å²) in [5, 5.41) is 3.11. The fraction of sp³-hybridized carbons (Fsp3) is 0.467. The summed E-state index contributed by atoms with van der Waals surface area (Å²) in [6, 6.07) is 4.11. The fourth-order valence-corrected chi connectivity index (χ4v) is 4.30. The predicted octanol–water partition coefficient (Wildman–Crippen LogP) is 2.63. The van der Waals surface area contributed by atoms with Crippen molar-refractivity contribution in [1.82, 2.24) is 9.88 Å². The highest BCUT2D eigenvalue weighted by atomic mass is 32.1. The van der Waals surface area contributed by atoms with Gasteiger partial charge in [0, 0.05) is 30.7 Å². The molecular weight excluding hydrogens is 320 g/mol. The van der Waals surface area contributed by atoms with Crippen LogP contribution in [0.15, 0.2) is 23.7 Å². The van der Waals surface area contributed by atoms with E-state index < -0.39 is 6.10 Å². The standard InChI is InChI=1S/C15H18N2O3S2/c1-10-7-17(9-12(20-10)15(18)19-2)8-11-6-16-14(22-11)13-4-3-5-21-13/h3-6,10,12H,7-9H2,1-2H3/t10-,12+/m1/s1. The van der Waals surface area contributed by atoms with Crippen LogP contribution >= 0.6 is 22.7 Å². The third-order valence-electron chi connectivity index (χ3n) is 3.46. The summed E-state index contributed by atoms with van der Waals surface area (Å²) < 4.78 is 10.4. The van der Waals surface area contributed by atoms with Crippen molar-refractivity contribution in [2.45, 2.75) is 25.7 Å². The van der Waals surface area contributed by atoms with Crippen molar-refractivity contribution in [3.63, 3.8) is 0 Å². The van der Waals surface area contributed by atoms with E-state index in [1.165, 1.54) is 16.9 Å². The average Bonchev–Trinajstić information content (AvgIpc) is 3.16. The van der Waals surface area contributed by atoms with E-state index in [-0.39, 0.29) is 12.1 Å². The Kier molecular flexibility index (Phi) is 4.87. The van der Waals surface area contributed by atoms with Crippen molar-refractivity contribution in [2.75, 3.05) is 20.2 Å². The summed E-state index contributed by atoms with van der Waals surface area (Å²) in [7, 11) is 1.39. The number of methoxy groups -OCH3 is 1. The Balaban J connectivity index is 1.66. The quantitative estimate of drug-likeness (QED) is 0.802. The van der Waals surface area contributed by atoms with Gasteiger partial charge in [-0.1, -0.05) is 6.07 Å². The maximum absolute atomic E-state index is 11.7. The molecule has 1 fully saturated rings. The minimum Gasteiger partial charge on any atom is -0.467 e. The second kappa shape index (κ2) is 6.87. The van der Waals surface area contributed by atoms with Gasteiger partial charge < -0.3 is 9.47 Å².